The average Bonchev–Trinajstić information content (AvgIpc) is 3.12. The summed E-state index contributed by atoms with van der Waals surface area (Å²) < 4.78 is 5.10. The number of nitrogens with zero attached hydrogens (tertiary/aromatic N) is 4. The number of carbonyl (C=O) groups is 2. The number of aromatic nitrogens is 3. The molecular weight excluding hydrogens is 324 g/mol. The summed E-state index contributed by atoms with van der Waals surface area (Å²) in [7, 11) is 1.49. The summed E-state index contributed by atoms with van der Waals surface area (Å²) in [6, 6.07) is -0.578. The van der Waals surface area contributed by atoms with Crippen LogP contribution in [0.2, 0.25) is 0 Å². The molecule has 0 aliphatic carbocycles. The van der Waals surface area contributed by atoms with Crippen LogP contribution in [0.3, 0.4) is 0 Å². The number of ether oxygens (including phenoxy) is 1. The van der Waals surface area contributed by atoms with Crippen LogP contribution < -0.4 is 15.4 Å². The van der Waals surface area contributed by atoms with Gasteiger partial charge in [-0.05, 0) is 6.42 Å². The third kappa shape index (κ3) is 3.23. The Morgan fingerprint density at radius 3 is 3.04 bits per heavy atom. The summed E-state index contributed by atoms with van der Waals surface area (Å²) in [5.41, 5.74) is 0.488. The van der Waals surface area contributed by atoms with Crippen LogP contribution in [0.1, 0.15) is 6.42 Å². The monoisotopic (exact) mass is 338 g/mol. The molecule has 0 aromatic carbocycles. The normalized spacial score (nSPS) is 17.3. The van der Waals surface area contributed by atoms with E-state index >= 15 is 0 Å². The first-order chi connectivity index (χ1) is 11.1. The van der Waals surface area contributed by atoms with Crippen LogP contribution in [0.15, 0.2) is 6.33 Å². The molecule has 11 heteroatoms. The Morgan fingerprint density at radius 2 is 2.30 bits per heavy atom. The van der Waals surface area contributed by atoms with Crippen LogP contribution in [-0.2, 0) is 0 Å². The molecule has 0 bridgehead atoms. The average molecular weight is 338 g/mol. The van der Waals surface area contributed by atoms with Gasteiger partial charge in [0.25, 0.3) is 0 Å². The van der Waals surface area contributed by atoms with Gasteiger partial charge < -0.3 is 20.1 Å². The van der Waals surface area contributed by atoms with Gasteiger partial charge >= 0.3 is 12.1 Å². The molecular formula is C12H14N6O4S. The lowest BCUT2D eigenvalue weighted by Gasteiger charge is -2.16. The van der Waals surface area contributed by atoms with Crippen molar-refractivity contribution >= 4 is 38.9 Å². The van der Waals surface area contributed by atoms with E-state index < -0.39 is 6.09 Å². The Bertz CT molecular complexity index is 750. The summed E-state index contributed by atoms with van der Waals surface area (Å²) >= 11 is 1.21. The second-order valence-corrected chi connectivity index (χ2v) is 5.84. The van der Waals surface area contributed by atoms with Gasteiger partial charge in [-0.3, -0.25) is 5.32 Å². The minimum absolute atomic E-state index is 0.250. The number of hydrogen-bond acceptors (Lipinski definition) is 7. The highest BCUT2D eigenvalue weighted by atomic mass is 32.1. The van der Waals surface area contributed by atoms with Crippen molar-refractivity contribution in [3.8, 4) is 5.88 Å². The third-order valence-electron chi connectivity index (χ3n) is 3.37. The van der Waals surface area contributed by atoms with Crippen molar-refractivity contribution in [2.24, 2.45) is 0 Å². The smallest absolute Gasteiger partial charge is 0.404 e. The maximum atomic E-state index is 12.2. The molecule has 0 saturated carbocycles. The van der Waals surface area contributed by atoms with E-state index in [9.17, 15) is 9.59 Å². The van der Waals surface area contributed by atoms with E-state index in [0.717, 1.165) is 0 Å². The Hall–Kier alpha value is -2.69. The van der Waals surface area contributed by atoms with Gasteiger partial charge in [-0.25, -0.2) is 19.6 Å². The SMILES string of the molecule is COc1ncnc2sc(NC(=O)N3CC[C@@H](NC(=O)O)C3)nc12. The maximum Gasteiger partial charge on any atom is 0.404 e. The topological polar surface area (TPSA) is 130 Å². The van der Waals surface area contributed by atoms with Gasteiger partial charge in [-0.2, -0.15) is 4.98 Å². The van der Waals surface area contributed by atoms with E-state index in [1.54, 1.807) is 0 Å². The predicted molar refractivity (Wildman–Crippen MR) is 81.9 cm³/mol. The summed E-state index contributed by atoms with van der Waals surface area (Å²) in [5.74, 6) is 0.346. The molecule has 1 saturated heterocycles. The fourth-order valence-electron chi connectivity index (χ4n) is 2.34. The number of hydrogen-bond donors (Lipinski definition) is 3. The van der Waals surface area contributed by atoms with Gasteiger partial charge in [0, 0.05) is 13.1 Å². The minimum atomic E-state index is -1.09. The van der Waals surface area contributed by atoms with E-state index in [0.29, 0.717) is 40.9 Å². The van der Waals surface area contributed by atoms with Gasteiger partial charge in [0.15, 0.2) is 15.5 Å². The van der Waals surface area contributed by atoms with Gasteiger partial charge in [-0.1, -0.05) is 11.3 Å². The van der Waals surface area contributed by atoms with Crippen LogP contribution in [-0.4, -0.2) is 63.3 Å². The van der Waals surface area contributed by atoms with E-state index in [1.165, 1.54) is 29.7 Å². The molecule has 3 N–H and O–H groups in total. The number of nitrogens with one attached hydrogen (secondary N) is 2. The van der Waals surface area contributed by atoms with Crippen molar-refractivity contribution < 1.29 is 19.4 Å². The molecule has 3 amide bonds. The molecule has 3 rings (SSSR count). The van der Waals surface area contributed by atoms with Gasteiger partial charge in [0.2, 0.25) is 5.88 Å². The zero-order valence-electron chi connectivity index (χ0n) is 12.1. The number of urea groups is 1. The van der Waals surface area contributed by atoms with Gasteiger partial charge in [0.05, 0.1) is 13.2 Å². The van der Waals surface area contributed by atoms with Crippen molar-refractivity contribution in [1.82, 2.24) is 25.2 Å². The lowest BCUT2D eigenvalue weighted by Crippen LogP contribution is -2.39. The first-order valence-electron chi connectivity index (χ1n) is 6.77. The number of fused-ring (bicyclic) bond motifs is 1. The largest absolute Gasteiger partial charge is 0.479 e. The summed E-state index contributed by atoms with van der Waals surface area (Å²) in [6.45, 7) is 0.803. The molecule has 122 valence electrons. The minimum Gasteiger partial charge on any atom is -0.479 e. The number of rotatable bonds is 3. The molecule has 2 aromatic rings. The molecule has 23 heavy (non-hydrogen) atoms. The number of thiazole rings is 1. The zero-order valence-corrected chi connectivity index (χ0v) is 13.0. The first kappa shape index (κ1) is 15.2. The quantitative estimate of drug-likeness (QED) is 0.760. The lowest BCUT2D eigenvalue weighted by molar-refractivity contribution is 0.189. The number of amides is 3. The van der Waals surface area contributed by atoms with Gasteiger partial charge in [-0.15, -0.1) is 0 Å². The van der Waals surface area contributed by atoms with E-state index in [4.69, 9.17) is 9.84 Å². The predicted octanol–water partition coefficient (Wildman–Crippen LogP) is 0.969. The number of carboxylic acid groups (broad SMARTS) is 1. The highest BCUT2D eigenvalue weighted by molar-refractivity contribution is 7.22. The summed E-state index contributed by atoms with van der Waals surface area (Å²) in [5, 5.41) is 14.2. The van der Waals surface area contributed by atoms with Crippen LogP contribution in [0.5, 0.6) is 5.88 Å². The molecule has 0 unspecified atom stereocenters. The van der Waals surface area contributed by atoms with Crippen molar-refractivity contribution in [1.29, 1.82) is 0 Å². The molecule has 2 aromatic heterocycles. The highest BCUT2D eigenvalue weighted by Crippen LogP contribution is 2.29. The van der Waals surface area contributed by atoms with Crippen LogP contribution in [0, 0.1) is 0 Å². The molecule has 1 fully saturated rings. The summed E-state index contributed by atoms with van der Waals surface area (Å²) in [6.07, 6.45) is 0.862. The third-order valence-corrected chi connectivity index (χ3v) is 4.25. The Labute approximate surface area is 134 Å². The van der Waals surface area contributed by atoms with Crippen LogP contribution in [0.4, 0.5) is 14.7 Å². The molecule has 0 spiro atoms. The Balaban J connectivity index is 1.68. The number of carbonyl (C=O) groups excluding carboxylic acids is 1. The zero-order chi connectivity index (χ0) is 16.4. The van der Waals surface area contributed by atoms with Crippen molar-refractivity contribution in [3.05, 3.63) is 6.33 Å². The molecule has 1 aliphatic heterocycles. The number of anilines is 1. The molecule has 3 heterocycles. The fraction of sp³-hybridized carbons (Fsp3) is 0.417. The highest BCUT2D eigenvalue weighted by Gasteiger charge is 2.27. The van der Waals surface area contributed by atoms with Crippen molar-refractivity contribution in [3.63, 3.8) is 0 Å². The number of methoxy groups -OCH3 is 1. The summed E-state index contributed by atoms with van der Waals surface area (Å²) in [4.78, 5) is 37.3. The van der Waals surface area contributed by atoms with E-state index in [-0.39, 0.29) is 12.1 Å². The first-order valence-corrected chi connectivity index (χ1v) is 7.59. The van der Waals surface area contributed by atoms with Crippen molar-refractivity contribution in [2.45, 2.75) is 12.5 Å². The molecule has 1 aliphatic rings. The van der Waals surface area contributed by atoms with Crippen molar-refractivity contribution in [2.75, 3.05) is 25.5 Å². The van der Waals surface area contributed by atoms with E-state index in [1.807, 2.05) is 0 Å². The lowest BCUT2D eigenvalue weighted by atomic mass is 10.3. The maximum absolute atomic E-state index is 12.2. The van der Waals surface area contributed by atoms with Crippen LogP contribution in [0.25, 0.3) is 10.3 Å². The Kier molecular flexibility index (Phi) is 4.10. The van der Waals surface area contributed by atoms with Crippen LogP contribution >= 0.6 is 11.3 Å². The second-order valence-electron chi connectivity index (χ2n) is 4.87. The second kappa shape index (κ2) is 6.20. The standard InChI is InChI=1S/C12H14N6O4S/c1-22-8-7-9(14-5-13-8)23-10(16-7)17-11(19)18-3-2-6(4-18)15-12(20)21/h5-6,15H,2-4H2,1H3,(H,20,21)(H,16,17,19)/t6-/m1/s1. The molecule has 0 radical (unpaired) electrons. The molecule has 1 atom stereocenters. The Morgan fingerprint density at radius 1 is 1.48 bits per heavy atom. The molecule has 10 nitrogen and oxygen atoms in total. The van der Waals surface area contributed by atoms with Gasteiger partial charge in [0.1, 0.15) is 6.33 Å². The fourth-order valence-corrected chi connectivity index (χ4v) is 3.13. The number of likely N-dealkylation sites (tertiary alicyclic amines) is 1. The van der Waals surface area contributed by atoms with E-state index in [2.05, 4.69) is 25.6 Å².